The maximum atomic E-state index is 12.3. The molecule has 1 unspecified atom stereocenters. The fraction of sp³-hybridized carbons (Fsp3) is 0.500. The SMILES string of the molecule is CC(NCc1cccc(C#N)c1)C(=O)N1CCCCC1.Cl. The summed E-state index contributed by atoms with van der Waals surface area (Å²) in [7, 11) is 0. The van der Waals surface area contributed by atoms with Crippen molar-refractivity contribution < 1.29 is 4.79 Å². The van der Waals surface area contributed by atoms with Crippen molar-refractivity contribution in [1.82, 2.24) is 10.2 Å². The first-order valence-electron chi connectivity index (χ1n) is 7.22. The Balaban J connectivity index is 0.00000220. The van der Waals surface area contributed by atoms with E-state index in [-0.39, 0.29) is 24.4 Å². The fourth-order valence-corrected chi connectivity index (χ4v) is 2.50. The van der Waals surface area contributed by atoms with Crippen LogP contribution in [0.5, 0.6) is 0 Å². The molecule has 4 nitrogen and oxygen atoms in total. The molecule has 114 valence electrons. The number of rotatable bonds is 4. The molecule has 0 radical (unpaired) electrons. The van der Waals surface area contributed by atoms with E-state index in [1.54, 1.807) is 6.07 Å². The Bertz CT molecular complexity index is 506. The quantitative estimate of drug-likeness (QED) is 0.929. The van der Waals surface area contributed by atoms with Crippen molar-refractivity contribution in [3.8, 4) is 6.07 Å². The number of nitrogens with one attached hydrogen (secondary N) is 1. The van der Waals surface area contributed by atoms with E-state index < -0.39 is 0 Å². The molecule has 2 rings (SSSR count). The zero-order valence-corrected chi connectivity index (χ0v) is 13.2. The van der Waals surface area contributed by atoms with Crippen molar-refractivity contribution in [2.45, 2.75) is 38.8 Å². The van der Waals surface area contributed by atoms with E-state index in [2.05, 4.69) is 11.4 Å². The lowest BCUT2D eigenvalue weighted by atomic mass is 10.1. The largest absolute Gasteiger partial charge is 0.341 e. The maximum absolute atomic E-state index is 12.3. The van der Waals surface area contributed by atoms with Gasteiger partial charge in [0.05, 0.1) is 17.7 Å². The normalized spacial score (nSPS) is 15.7. The topological polar surface area (TPSA) is 56.1 Å². The van der Waals surface area contributed by atoms with E-state index in [0.717, 1.165) is 31.5 Å². The molecule has 1 aromatic rings. The van der Waals surface area contributed by atoms with Gasteiger partial charge < -0.3 is 10.2 Å². The first kappa shape index (κ1) is 17.5. The second-order valence-electron chi connectivity index (χ2n) is 5.30. The van der Waals surface area contributed by atoms with Gasteiger partial charge in [0.2, 0.25) is 5.91 Å². The van der Waals surface area contributed by atoms with Crippen LogP contribution in [0.25, 0.3) is 0 Å². The zero-order chi connectivity index (χ0) is 14.4. The Labute approximate surface area is 132 Å². The average molecular weight is 308 g/mol. The highest BCUT2D eigenvalue weighted by atomic mass is 35.5. The van der Waals surface area contributed by atoms with Gasteiger partial charge in [-0.3, -0.25) is 4.79 Å². The summed E-state index contributed by atoms with van der Waals surface area (Å²) < 4.78 is 0. The highest BCUT2D eigenvalue weighted by Crippen LogP contribution is 2.10. The lowest BCUT2D eigenvalue weighted by molar-refractivity contribution is -0.133. The molecule has 0 aromatic heterocycles. The summed E-state index contributed by atoms with van der Waals surface area (Å²) in [5.41, 5.74) is 1.68. The minimum atomic E-state index is -0.182. The third kappa shape index (κ3) is 5.04. The molecule has 1 fully saturated rings. The van der Waals surface area contributed by atoms with Crippen molar-refractivity contribution in [2.75, 3.05) is 13.1 Å². The summed E-state index contributed by atoms with van der Waals surface area (Å²) >= 11 is 0. The van der Waals surface area contributed by atoms with Crippen LogP contribution in [0.1, 0.15) is 37.3 Å². The van der Waals surface area contributed by atoms with E-state index in [1.807, 2.05) is 30.0 Å². The Hall–Kier alpha value is -1.57. The molecular weight excluding hydrogens is 286 g/mol. The highest BCUT2D eigenvalue weighted by Gasteiger charge is 2.21. The number of hydrogen-bond acceptors (Lipinski definition) is 3. The minimum absolute atomic E-state index is 0. The number of carbonyl (C=O) groups is 1. The molecule has 1 aromatic carbocycles. The second-order valence-corrected chi connectivity index (χ2v) is 5.30. The predicted molar refractivity (Wildman–Crippen MR) is 85.1 cm³/mol. The molecule has 5 heteroatoms. The van der Waals surface area contributed by atoms with Crippen LogP contribution in [-0.2, 0) is 11.3 Å². The van der Waals surface area contributed by atoms with Crippen LogP contribution in [-0.4, -0.2) is 29.9 Å². The molecular formula is C16H22ClN3O. The van der Waals surface area contributed by atoms with E-state index in [9.17, 15) is 4.79 Å². The van der Waals surface area contributed by atoms with Crippen LogP contribution < -0.4 is 5.32 Å². The van der Waals surface area contributed by atoms with Crippen LogP contribution in [0.3, 0.4) is 0 Å². The third-order valence-electron chi connectivity index (χ3n) is 3.71. The molecule has 1 heterocycles. The van der Waals surface area contributed by atoms with Gasteiger partial charge in [-0.15, -0.1) is 12.4 Å². The van der Waals surface area contributed by atoms with Crippen LogP contribution >= 0.6 is 12.4 Å². The molecule has 1 amide bonds. The second kappa shape index (κ2) is 8.66. The summed E-state index contributed by atoms with van der Waals surface area (Å²) in [6, 6.07) is 9.41. The number of nitriles is 1. The van der Waals surface area contributed by atoms with Gasteiger partial charge >= 0.3 is 0 Å². The molecule has 1 N–H and O–H groups in total. The van der Waals surface area contributed by atoms with Gasteiger partial charge in [-0.2, -0.15) is 5.26 Å². The lowest BCUT2D eigenvalue weighted by Crippen LogP contribution is -2.46. The molecule has 0 spiro atoms. The number of benzene rings is 1. The van der Waals surface area contributed by atoms with Crippen LogP contribution in [0.4, 0.5) is 0 Å². The highest BCUT2D eigenvalue weighted by molar-refractivity contribution is 5.85. The van der Waals surface area contributed by atoms with Crippen molar-refractivity contribution >= 4 is 18.3 Å². The first-order chi connectivity index (χ1) is 9.70. The molecule has 1 aliphatic heterocycles. The smallest absolute Gasteiger partial charge is 0.239 e. The van der Waals surface area contributed by atoms with Gasteiger partial charge in [0.25, 0.3) is 0 Å². The lowest BCUT2D eigenvalue weighted by Gasteiger charge is -2.29. The number of halogens is 1. The van der Waals surface area contributed by atoms with Gasteiger partial charge in [0.15, 0.2) is 0 Å². The Kier molecular flexibility index (Phi) is 7.21. The Morgan fingerprint density at radius 2 is 2.10 bits per heavy atom. The monoisotopic (exact) mass is 307 g/mol. The van der Waals surface area contributed by atoms with Gasteiger partial charge in [-0.25, -0.2) is 0 Å². The Morgan fingerprint density at radius 1 is 1.38 bits per heavy atom. The van der Waals surface area contributed by atoms with E-state index in [4.69, 9.17) is 5.26 Å². The molecule has 0 saturated carbocycles. The number of piperidine rings is 1. The van der Waals surface area contributed by atoms with Crippen LogP contribution in [0.15, 0.2) is 24.3 Å². The van der Waals surface area contributed by atoms with Crippen molar-refractivity contribution in [3.63, 3.8) is 0 Å². The van der Waals surface area contributed by atoms with Gasteiger partial charge in [-0.05, 0) is 43.9 Å². The van der Waals surface area contributed by atoms with Crippen molar-refractivity contribution in [1.29, 1.82) is 5.26 Å². The number of carbonyl (C=O) groups excluding carboxylic acids is 1. The number of nitrogens with zero attached hydrogens (tertiary/aromatic N) is 2. The molecule has 0 bridgehead atoms. The van der Waals surface area contributed by atoms with Crippen LogP contribution in [0, 0.1) is 11.3 Å². The van der Waals surface area contributed by atoms with E-state index >= 15 is 0 Å². The number of amides is 1. The predicted octanol–water partition coefficient (Wildman–Crippen LogP) is 2.47. The van der Waals surface area contributed by atoms with Gasteiger partial charge in [-0.1, -0.05) is 12.1 Å². The third-order valence-corrected chi connectivity index (χ3v) is 3.71. The molecule has 1 saturated heterocycles. The average Bonchev–Trinajstić information content (AvgIpc) is 2.53. The molecule has 21 heavy (non-hydrogen) atoms. The summed E-state index contributed by atoms with van der Waals surface area (Å²) in [6.45, 7) is 4.28. The number of likely N-dealkylation sites (tertiary alicyclic amines) is 1. The van der Waals surface area contributed by atoms with E-state index in [0.29, 0.717) is 12.1 Å². The fourth-order valence-electron chi connectivity index (χ4n) is 2.50. The van der Waals surface area contributed by atoms with Crippen LogP contribution in [0.2, 0.25) is 0 Å². The summed E-state index contributed by atoms with van der Waals surface area (Å²) in [5, 5.41) is 12.1. The maximum Gasteiger partial charge on any atom is 0.239 e. The first-order valence-corrected chi connectivity index (χ1v) is 7.22. The zero-order valence-electron chi connectivity index (χ0n) is 12.3. The standard InChI is InChI=1S/C16H21N3O.ClH/c1-13(16(20)19-8-3-2-4-9-19)18-12-15-7-5-6-14(10-15)11-17;/h5-7,10,13,18H,2-4,8-9,12H2,1H3;1H. The summed E-state index contributed by atoms with van der Waals surface area (Å²) in [5.74, 6) is 0.182. The number of hydrogen-bond donors (Lipinski definition) is 1. The Morgan fingerprint density at radius 3 is 2.76 bits per heavy atom. The van der Waals surface area contributed by atoms with Crippen molar-refractivity contribution in [3.05, 3.63) is 35.4 Å². The van der Waals surface area contributed by atoms with E-state index in [1.165, 1.54) is 6.42 Å². The van der Waals surface area contributed by atoms with Gasteiger partial charge in [0, 0.05) is 19.6 Å². The molecule has 0 aliphatic carbocycles. The summed E-state index contributed by atoms with van der Waals surface area (Å²) in [4.78, 5) is 14.2. The molecule has 1 aliphatic rings. The minimum Gasteiger partial charge on any atom is -0.341 e. The van der Waals surface area contributed by atoms with Gasteiger partial charge in [0.1, 0.15) is 0 Å². The summed E-state index contributed by atoms with van der Waals surface area (Å²) in [6.07, 6.45) is 3.46. The van der Waals surface area contributed by atoms with Crippen molar-refractivity contribution in [2.24, 2.45) is 0 Å². The molecule has 1 atom stereocenters.